The summed E-state index contributed by atoms with van der Waals surface area (Å²) < 4.78 is 13.7. The third kappa shape index (κ3) is 2.33. The lowest BCUT2D eigenvalue weighted by Gasteiger charge is -2.06. The number of fused-ring (bicyclic) bond motifs is 4. The summed E-state index contributed by atoms with van der Waals surface area (Å²) in [4.78, 5) is 25.1. The first kappa shape index (κ1) is 15.2. The lowest BCUT2D eigenvalue weighted by atomic mass is 10.1. The minimum atomic E-state index is -0.329. The van der Waals surface area contributed by atoms with Crippen molar-refractivity contribution < 1.29 is 14.3 Å². The van der Waals surface area contributed by atoms with E-state index in [9.17, 15) is 9.59 Å². The van der Waals surface area contributed by atoms with E-state index in [4.69, 9.17) is 9.47 Å². The van der Waals surface area contributed by atoms with Gasteiger partial charge in [0.2, 0.25) is 12.7 Å². The normalized spacial score (nSPS) is 15.7. The first-order chi connectivity index (χ1) is 12.6. The lowest BCUT2D eigenvalue weighted by Crippen LogP contribution is -2.33. The smallest absolute Gasteiger partial charge is 0.351 e. The minimum absolute atomic E-state index is 0.0772. The quantitative estimate of drug-likeness (QED) is 0.761. The molecule has 1 saturated carbocycles. The molecule has 1 aromatic carbocycles. The highest BCUT2D eigenvalue weighted by Crippen LogP contribution is 2.36. The van der Waals surface area contributed by atoms with E-state index in [1.807, 2.05) is 19.1 Å². The van der Waals surface area contributed by atoms with Crippen LogP contribution in [0.25, 0.3) is 16.6 Å². The van der Waals surface area contributed by atoms with Crippen molar-refractivity contribution in [2.24, 2.45) is 0 Å². The third-order valence-electron chi connectivity index (χ3n) is 4.84. The Morgan fingerprint density at radius 3 is 2.77 bits per heavy atom. The van der Waals surface area contributed by atoms with Gasteiger partial charge in [0.1, 0.15) is 6.54 Å². The van der Waals surface area contributed by atoms with Crippen LogP contribution in [0.5, 0.6) is 11.5 Å². The Kier molecular flexibility index (Phi) is 3.22. The number of carbonyl (C=O) groups excluding carboxylic acids is 1. The van der Waals surface area contributed by atoms with E-state index < -0.39 is 0 Å². The van der Waals surface area contributed by atoms with Gasteiger partial charge in [0.05, 0.1) is 5.52 Å². The van der Waals surface area contributed by atoms with E-state index in [2.05, 4.69) is 10.4 Å². The van der Waals surface area contributed by atoms with E-state index in [-0.39, 0.29) is 31.0 Å². The van der Waals surface area contributed by atoms with Crippen molar-refractivity contribution in [2.75, 3.05) is 6.79 Å². The summed E-state index contributed by atoms with van der Waals surface area (Å²) in [5, 5.41) is 8.20. The Hall–Kier alpha value is -3.03. The zero-order chi connectivity index (χ0) is 17.8. The molecule has 5 rings (SSSR count). The van der Waals surface area contributed by atoms with Crippen LogP contribution in [0.3, 0.4) is 0 Å². The Bertz CT molecular complexity index is 1110. The standard InChI is InChI=1S/C18H18N4O4/c1-2-10-5-11-6-14-15(26-9-25-14)7-13(11)22-17(10)20-21(18(22)24)8-16(23)19-12-3-4-12/h5-7,12H,2-4,8-9H2,1H3,(H,19,23). The molecule has 0 radical (unpaired) electrons. The highest BCUT2D eigenvalue weighted by molar-refractivity contribution is 5.87. The van der Waals surface area contributed by atoms with E-state index in [0.29, 0.717) is 22.7 Å². The molecule has 1 amide bonds. The maximum Gasteiger partial charge on any atom is 0.351 e. The number of nitrogens with zero attached hydrogens (tertiary/aromatic N) is 3. The van der Waals surface area contributed by atoms with Gasteiger partial charge in [-0.2, -0.15) is 0 Å². The van der Waals surface area contributed by atoms with Crippen molar-refractivity contribution >= 4 is 22.5 Å². The molecule has 1 N–H and O–H groups in total. The summed E-state index contributed by atoms with van der Waals surface area (Å²) in [6.45, 7) is 2.11. The third-order valence-corrected chi connectivity index (χ3v) is 4.84. The molecular weight excluding hydrogens is 336 g/mol. The van der Waals surface area contributed by atoms with Crippen molar-refractivity contribution in [3.8, 4) is 11.5 Å². The number of pyridine rings is 1. The zero-order valence-electron chi connectivity index (χ0n) is 14.3. The molecule has 134 valence electrons. The molecule has 0 atom stereocenters. The largest absolute Gasteiger partial charge is 0.454 e. The fraction of sp³-hybridized carbons (Fsp3) is 0.389. The highest BCUT2D eigenvalue weighted by atomic mass is 16.7. The van der Waals surface area contributed by atoms with Crippen LogP contribution in [0.15, 0.2) is 23.0 Å². The number of amides is 1. The van der Waals surface area contributed by atoms with Crippen molar-refractivity contribution in [3.63, 3.8) is 0 Å². The second-order valence-electron chi connectivity index (χ2n) is 6.73. The summed E-state index contributed by atoms with van der Waals surface area (Å²) in [6, 6.07) is 5.93. The number of aromatic nitrogens is 3. The molecule has 3 heterocycles. The summed E-state index contributed by atoms with van der Waals surface area (Å²) in [6.07, 6.45) is 2.73. The minimum Gasteiger partial charge on any atom is -0.454 e. The van der Waals surface area contributed by atoms with Gasteiger partial charge in [-0.3, -0.25) is 4.79 Å². The number of nitrogens with one attached hydrogen (secondary N) is 1. The van der Waals surface area contributed by atoms with E-state index in [0.717, 1.165) is 30.2 Å². The van der Waals surface area contributed by atoms with Gasteiger partial charge in [0.25, 0.3) is 0 Å². The summed E-state index contributed by atoms with van der Waals surface area (Å²) in [5.74, 6) is 1.09. The van der Waals surface area contributed by atoms with Crippen LogP contribution in [0.1, 0.15) is 25.3 Å². The van der Waals surface area contributed by atoms with Gasteiger partial charge in [-0.1, -0.05) is 6.92 Å². The topological polar surface area (TPSA) is 86.9 Å². The number of aryl methyl sites for hydroxylation is 1. The number of rotatable bonds is 4. The van der Waals surface area contributed by atoms with Crippen molar-refractivity contribution in [1.82, 2.24) is 19.5 Å². The highest BCUT2D eigenvalue weighted by Gasteiger charge is 2.24. The fourth-order valence-electron chi connectivity index (χ4n) is 3.34. The predicted molar refractivity (Wildman–Crippen MR) is 93.6 cm³/mol. The molecule has 0 spiro atoms. The van der Waals surface area contributed by atoms with Gasteiger partial charge in [-0.25, -0.2) is 13.9 Å². The Morgan fingerprint density at radius 2 is 2.04 bits per heavy atom. The van der Waals surface area contributed by atoms with Gasteiger partial charge >= 0.3 is 5.69 Å². The number of ether oxygens (including phenoxy) is 2. The number of hydrogen-bond acceptors (Lipinski definition) is 5. The summed E-state index contributed by atoms with van der Waals surface area (Å²) in [7, 11) is 0. The zero-order valence-corrected chi connectivity index (χ0v) is 14.3. The van der Waals surface area contributed by atoms with Gasteiger partial charge in [0.15, 0.2) is 17.1 Å². The molecule has 2 aliphatic rings. The van der Waals surface area contributed by atoms with Crippen LogP contribution in [0.4, 0.5) is 0 Å². The molecule has 1 aliphatic carbocycles. The lowest BCUT2D eigenvalue weighted by molar-refractivity contribution is -0.122. The summed E-state index contributed by atoms with van der Waals surface area (Å²) in [5.41, 5.74) is 1.88. The van der Waals surface area contributed by atoms with Crippen LogP contribution in [-0.2, 0) is 17.8 Å². The van der Waals surface area contributed by atoms with Gasteiger partial charge < -0.3 is 14.8 Å². The molecule has 0 bridgehead atoms. The SMILES string of the molecule is CCc1cc2cc3c(cc2n2c(=O)n(CC(=O)NC4CC4)nc12)OCO3. The van der Waals surface area contributed by atoms with Crippen LogP contribution >= 0.6 is 0 Å². The molecule has 0 saturated heterocycles. The monoisotopic (exact) mass is 354 g/mol. The molecule has 0 unspecified atom stereocenters. The van der Waals surface area contributed by atoms with Crippen LogP contribution in [-0.4, -0.2) is 32.9 Å². The van der Waals surface area contributed by atoms with Crippen LogP contribution in [0, 0.1) is 0 Å². The van der Waals surface area contributed by atoms with Crippen LogP contribution in [0.2, 0.25) is 0 Å². The van der Waals surface area contributed by atoms with Crippen molar-refractivity contribution in [1.29, 1.82) is 0 Å². The molecule has 26 heavy (non-hydrogen) atoms. The number of carbonyl (C=O) groups is 1. The average Bonchev–Trinajstić information content (AvgIpc) is 3.21. The van der Waals surface area contributed by atoms with Gasteiger partial charge in [-0.05, 0) is 37.0 Å². The molecule has 8 nitrogen and oxygen atoms in total. The average molecular weight is 354 g/mol. The molecule has 8 heteroatoms. The first-order valence-electron chi connectivity index (χ1n) is 8.78. The fourth-order valence-corrected chi connectivity index (χ4v) is 3.34. The Morgan fingerprint density at radius 1 is 1.27 bits per heavy atom. The van der Waals surface area contributed by atoms with Gasteiger partial charge in [-0.15, -0.1) is 5.10 Å². The predicted octanol–water partition coefficient (Wildman–Crippen LogP) is 1.22. The van der Waals surface area contributed by atoms with E-state index in [1.165, 1.54) is 4.68 Å². The molecule has 1 fully saturated rings. The molecule has 2 aromatic heterocycles. The van der Waals surface area contributed by atoms with Crippen LogP contribution < -0.4 is 20.5 Å². The van der Waals surface area contributed by atoms with E-state index in [1.54, 1.807) is 10.5 Å². The second-order valence-corrected chi connectivity index (χ2v) is 6.73. The number of hydrogen-bond donors (Lipinski definition) is 1. The molecule has 3 aromatic rings. The molecular formula is C18H18N4O4. The number of benzene rings is 1. The Labute approximate surface area is 148 Å². The second kappa shape index (κ2) is 5.48. The van der Waals surface area contributed by atoms with Crippen molar-refractivity contribution in [3.05, 3.63) is 34.2 Å². The van der Waals surface area contributed by atoms with Gasteiger partial charge in [0, 0.05) is 17.5 Å². The molecule has 1 aliphatic heterocycles. The first-order valence-corrected chi connectivity index (χ1v) is 8.78. The van der Waals surface area contributed by atoms with E-state index >= 15 is 0 Å². The Balaban J connectivity index is 1.69. The van der Waals surface area contributed by atoms with Crippen molar-refractivity contribution in [2.45, 2.75) is 38.8 Å². The maximum atomic E-state index is 13.0. The summed E-state index contributed by atoms with van der Waals surface area (Å²) >= 11 is 0. The maximum absolute atomic E-state index is 13.0.